The van der Waals surface area contributed by atoms with Crippen molar-refractivity contribution in [3.05, 3.63) is 33.8 Å². The predicted octanol–water partition coefficient (Wildman–Crippen LogP) is 2.49. The molecule has 0 N–H and O–H groups in total. The summed E-state index contributed by atoms with van der Waals surface area (Å²) >= 11 is 9.25. The van der Waals surface area contributed by atoms with Crippen molar-refractivity contribution in [2.75, 3.05) is 0 Å². The molecule has 0 amide bonds. The number of hydrogen-bond donors (Lipinski definition) is 0. The van der Waals surface area contributed by atoms with Gasteiger partial charge in [0.05, 0.1) is 11.9 Å². The summed E-state index contributed by atoms with van der Waals surface area (Å²) in [7, 11) is 0. The molecule has 0 bridgehead atoms. The Morgan fingerprint density at radius 3 is 3.07 bits per heavy atom. The van der Waals surface area contributed by atoms with Crippen LogP contribution in [0.15, 0.2) is 22.8 Å². The molecule has 2 heterocycles. The SMILES string of the molecule is O=CCc1nc(Cl)c2ccc(Br)cn12. The van der Waals surface area contributed by atoms with E-state index in [0.29, 0.717) is 11.0 Å². The minimum Gasteiger partial charge on any atom is -0.303 e. The van der Waals surface area contributed by atoms with Crippen molar-refractivity contribution < 1.29 is 4.79 Å². The maximum Gasteiger partial charge on any atom is 0.155 e. The molecular weight excluding hydrogens is 267 g/mol. The van der Waals surface area contributed by atoms with Crippen molar-refractivity contribution in [1.29, 1.82) is 0 Å². The van der Waals surface area contributed by atoms with E-state index in [2.05, 4.69) is 20.9 Å². The van der Waals surface area contributed by atoms with Crippen molar-refractivity contribution in [1.82, 2.24) is 9.38 Å². The van der Waals surface area contributed by atoms with Gasteiger partial charge in [-0.15, -0.1) is 0 Å². The number of carbonyl (C=O) groups excluding carboxylic acids is 1. The zero-order valence-corrected chi connectivity index (χ0v) is 9.42. The molecule has 72 valence electrons. The van der Waals surface area contributed by atoms with Gasteiger partial charge in [0.1, 0.15) is 12.1 Å². The van der Waals surface area contributed by atoms with E-state index in [1.54, 1.807) is 4.40 Å². The van der Waals surface area contributed by atoms with E-state index in [0.717, 1.165) is 16.3 Å². The number of pyridine rings is 1. The number of rotatable bonds is 2. The quantitative estimate of drug-likeness (QED) is 0.788. The Labute approximate surface area is 93.8 Å². The lowest BCUT2D eigenvalue weighted by molar-refractivity contribution is -0.107. The second kappa shape index (κ2) is 3.71. The van der Waals surface area contributed by atoms with Gasteiger partial charge in [0, 0.05) is 10.7 Å². The molecule has 0 aliphatic carbocycles. The van der Waals surface area contributed by atoms with Crippen LogP contribution in [0.2, 0.25) is 5.15 Å². The molecule has 3 nitrogen and oxygen atoms in total. The fourth-order valence-electron chi connectivity index (χ4n) is 1.30. The zero-order chi connectivity index (χ0) is 10.1. The van der Waals surface area contributed by atoms with E-state index in [-0.39, 0.29) is 6.42 Å². The van der Waals surface area contributed by atoms with Gasteiger partial charge in [-0.1, -0.05) is 11.6 Å². The Hall–Kier alpha value is -0.870. The van der Waals surface area contributed by atoms with E-state index < -0.39 is 0 Å². The van der Waals surface area contributed by atoms with Crippen LogP contribution in [0.5, 0.6) is 0 Å². The monoisotopic (exact) mass is 272 g/mol. The molecule has 5 heteroatoms. The third-order valence-electron chi connectivity index (χ3n) is 1.89. The second-order valence-corrected chi connectivity index (χ2v) is 4.07. The first-order valence-corrected chi connectivity index (χ1v) is 5.15. The molecule has 0 radical (unpaired) electrons. The standard InChI is InChI=1S/C9H6BrClN2O/c10-6-1-2-7-9(11)12-8(3-4-14)13(7)5-6/h1-2,4-5H,3H2. The van der Waals surface area contributed by atoms with E-state index in [1.807, 2.05) is 18.3 Å². The van der Waals surface area contributed by atoms with Gasteiger partial charge >= 0.3 is 0 Å². The molecule has 0 unspecified atom stereocenters. The minimum atomic E-state index is 0.268. The number of hydrogen-bond acceptors (Lipinski definition) is 2. The van der Waals surface area contributed by atoms with Crippen LogP contribution >= 0.6 is 27.5 Å². The van der Waals surface area contributed by atoms with Gasteiger partial charge < -0.3 is 9.20 Å². The Morgan fingerprint density at radius 1 is 1.57 bits per heavy atom. The molecule has 2 rings (SSSR count). The van der Waals surface area contributed by atoms with Crippen LogP contribution in [0.25, 0.3) is 5.52 Å². The van der Waals surface area contributed by atoms with Crippen LogP contribution in [0.3, 0.4) is 0 Å². The van der Waals surface area contributed by atoms with Gasteiger partial charge in [0.2, 0.25) is 0 Å². The number of aromatic nitrogens is 2. The van der Waals surface area contributed by atoms with Crippen LogP contribution in [-0.4, -0.2) is 15.7 Å². The first kappa shape index (κ1) is 9.68. The molecule has 0 aliphatic rings. The maximum absolute atomic E-state index is 10.4. The van der Waals surface area contributed by atoms with Crippen molar-refractivity contribution in [2.45, 2.75) is 6.42 Å². The summed E-state index contributed by atoms with van der Waals surface area (Å²) in [4.78, 5) is 14.5. The third-order valence-corrected chi connectivity index (χ3v) is 2.64. The van der Waals surface area contributed by atoms with E-state index in [9.17, 15) is 4.79 Å². The molecule has 0 saturated heterocycles. The zero-order valence-electron chi connectivity index (χ0n) is 7.08. The molecule has 0 atom stereocenters. The van der Waals surface area contributed by atoms with Crippen LogP contribution in [-0.2, 0) is 11.2 Å². The van der Waals surface area contributed by atoms with Crippen molar-refractivity contribution in [2.24, 2.45) is 0 Å². The van der Waals surface area contributed by atoms with Crippen LogP contribution in [0, 0.1) is 0 Å². The molecular formula is C9H6BrClN2O. The summed E-state index contributed by atoms with van der Waals surface area (Å²) in [5, 5.41) is 0.425. The van der Waals surface area contributed by atoms with Gasteiger partial charge in [-0.05, 0) is 28.1 Å². The fourth-order valence-corrected chi connectivity index (χ4v) is 1.89. The van der Waals surface area contributed by atoms with Gasteiger partial charge in [0.15, 0.2) is 5.15 Å². The highest BCUT2D eigenvalue weighted by molar-refractivity contribution is 9.10. The molecule has 0 saturated carbocycles. The summed E-state index contributed by atoms with van der Waals surface area (Å²) in [6.45, 7) is 0. The number of nitrogens with zero attached hydrogens (tertiary/aromatic N) is 2. The smallest absolute Gasteiger partial charge is 0.155 e. The Morgan fingerprint density at radius 2 is 2.36 bits per heavy atom. The topological polar surface area (TPSA) is 34.4 Å². The number of fused-ring (bicyclic) bond motifs is 1. The first-order valence-electron chi connectivity index (χ1n) is 3.98. The predicted molar refractivity (Wildman–Crippen MR) is 57.7 cm³/mol. The molecule has 2 aromatic heterocycles. The summed E-state index contributed by atoms with van der Waals surface area (Å²) in [5.41, 5.74) is 0.812. The summed E-state index contributed by atoms with van der Waals surface area (Å²) in [6.07, 6.45) is 2.92. The molecule has 0 aliphatic heterocycles. The summed E-state index contributed by atoms with van der Waals surface area (Å²) < 4.78 is 2.73. The lowest BCUT2D eigenvalue weighted by Gasteiger charge is -1.97. The van der Waals surface area contributed by atoms with Crippen LogP contribution in [0.4, 0.5) is 0 Å². The van der Waals surface area contributed by atoms with E-state index in [4.69, 9.17) is 11.6 Å². The van der Waals surface area contributed by atoms with Crippen LogP contribution in [0.1, 0.15) is 5.82 Å². The molecule has 14 heavy (non-hydrogen) atoms. The van der Waals surface area contributed by atoms with Crippen molar-refractivity contribution >= 4 is 39.3 Å². The molecule has 0 spiro atoms. The van der Waals surface area contributed by atoms with Crippen LogP contribution < -0.4 is 0 Å². The first-order chi connectivity index (χ1) is 6.72. The number of aldehydes is 1. The highest BCUT2D eigenvalue weighted by Gasteiger charge is 2.08. The summed E-state index contributed by atoms with van der Waals surface area (Å²) in [5.74, 6) is 0.654. The lowest BCUT2D eigenvalue weighted by atomic mass is 10.4. The fraction of sp³-hybridized carbons (Fsp3) is 0.111. The van der Waals surface area contributed by atoms with Gasteiger partial charge in [-0.2, -0.15) is 0 Å². The van der Waals surface area contributed by atoms with Gasteiger partial charge in [-0.25, -0.2) is 4.98 Å². The Kier molecular flexibility index (Phi) is 2.56. The van der Waals surface area contributed by atoms with E-state index >= 15 is 0 Å². The largest absolute Gasteiger partial charge is 0.303 e. The lowest BCUT2D eigenvalue weighted by Crippen LogP contribution is -1.94. The average Bonchev–Trinajstić information content (AvgIpc) is 2.44. The molecule has 2 aromatic rings. The third kappa shape index (κ3) is 1.55. The molecule has 0 fully saturated rings. The van der Waals surface area contributed by atoms with E-state index in [1.165, 1.54) is 0 Å². The number of halogens is 2. The maximum atomic E-state index is 10.4. The molecule has 0 aromatic carbocycles. The van der Waals surface area contributed by atoms with Gasteiger partial charge in [-0.3, -0.25) is 0 Å². The number of carbonyl (C=O) groups is 1. The number of imidazole rings is 1. The minimum absolute atomic E-state index is 0.268. The summed E-state index contributed by atoms with van der Waals surface area (Å²) in [6, 6.07) is 3.74. The Balaban J connectivity index is 2.72. The average molecular weight is 274 g/mol. The normalized spacial score (nSPS) is 10.7. The van der Waals surface area contributed by atoms with Crippen molar-refractivity contribution in [3.8, 4) is 0 Å². The second-order valence-electron chi connectivity index (χ2n) is 2.79. The van der Waals surface area contributed by atoms with Crippen molar-refractivity contribution in [3.63, 3.8) is 0 Å². The Bertz CT molecular complexity index is 495. The van der Waals surface area contributed by atoms with Gasteiger partial charge in [0.25, 0.3) is 0 Å². The highest BCUT2D eigenvalue weighted by atomic mass is 79.9. The highest BCUT2D eigenvalue weighted by Crippen LogP contribution is 2.21.